The lowest BCUT2D eigenvalue weighted by molar-refractivity contribution is -0.133. The molecule has 1 heterocycles. The molecule has 0 aromatic heterocycles. The molecule has 0 unspecified atom stereocenters. The number of ether oxygens (including phenoxy) is 2. The molecule has 1 fully saturated rings. The summed E-state index contributed by atoms with van der Waals surface area (Å²) in [6.07, 6.45) is 0. The minimum Gasteiger partial charge on any atom is -0.495 e. The van der Waals surface area contributed by atoms with Gasteiger partial charge in [0.15, 0.2) is 6.61 Å². The molecule has 0 saturated carbocycles. The first kappa shape index (κ1) is 25.5. The van der Waals surface area contributed by atoms with E-state index in [1.54, 1.807) is 31.1 Å². The van der Waals surface area contributed by atoms with Crippen LogP contribution < -0.4 is 19.1 Å². The van der Waals surface area contributed by atoms with Crippen molar-refractivity contribution in [2.24, 2.45) is 0 Å². The maximum absolute atomic E-state index is 12.7. The summed E-state index contributed by atoms with van der Waals surface area (Å²) in [5.41, 5.74) is 1.90. The zero-order valence-corrected chi connectivity index (χ0v) is 21.3. The van der Waals surface area contributed by atoms with Crippen LogP contribution in [0.2, 0.25) is 0 Å². The third-order valence-corrected chi connectivity index (χ3v) is 7.74. The number of sulfonamides is 1. The standard InChI is InChI=1S/C27H31N3O5S/c1-21(22-8-4-3-5-9-22)28-36(32,33)24-14-12-23(13-15-24)35-20-27(31)30-18-16-29(17-19-30)25-10-6-7-11-26(25)34-2/h3-15,21,28H,16-20H2,1-2H3/t21-/m1/s1. The van der Waals surface area contributed by atoms with E-state index in [-0.39, 0.29) is 23.5 Å². The van der Waals surface area contributed by atoms with Crippen LogP contribution in [0.4, 0.5) is 5.69 Å². The number of carbonyl (C=O) groups is 1. The van der Waals surface area contributed by atoms with E-state index in [4.69, 9.17) is 9.47 Å². The van der Waals surface area contributed by atoms with Crippen molar-refractivity contribution in [1.29, 1.82) is 0 Å². The molecule has 1 N–H and O–H groups in total. The van der Waals surface area contributed by atoms with Gasteiger partial charge in [-0.1, -0.05) is 42.5 Å². The van der Waals surface area contributed by atoms with Gasteiger partial charge in [-0.05, 0) is 48.9 Å². The molecule has 0 bridgehead atoms. The Bertz CT molecular complexity index is 1260. The molecule has 0 aliphatic carbocycles. The second-order valence-electron chi connectivity index (χ2n) is 8.55. The summed E-state index contributed by atoms with van der Waals surface area (Å²) >= 11 is 0. The average Bonchev–Trinajstić information content (AvgIpc) is 2.92. The summed E-state index contributed by atoms with van der Waals surface area (Å²) < 4.78 is 39.3. The molecule has 8 nitrogen and oxygen atoms in total. The van der Waals surface area contributed by atoms with E-state index in [9.17, 15) is 13.2 Å². The molecule has 1 atom stereocenters. The van der Waals surface area contributed by atoms with E-state index in [1.807, 2.05) is 54.6 Å². The molecule has 3 aromatic rings. The van der Waals surface area contributed by atoms with E-state index < -0.39 is 10.0 Å². The fraction of sp³-hybridized carbons (Fsp3) is 0.296. The third kappa shape index (κ3) is 6.16. The highest BCUT2D eigenvalue weighted by Gasteiger charge is 2.23. The van der Waals surface area contributed by atoms with Gasteiger partial charge in [0.25, 0.3) is 5.91 Å². The minimum absolute atomic E-state index is 0.107. The van der Waals surface area contributed by atoms with Crippen LogP contribution in [0, 0.1) is 0 Å². The van der Waals surface area contributed by atoms with E-state index in [0.29, 0.717) is 31.9 Å². The minimum atomic E-state index is -3.70. The summed E-state index contributed by atoms with van der Waals surface area (Å²) in [7, 11) is -2.05. The van der Waals surface area contributed by atoms with Gasteiger partial charge in [-0.25, -0.2) is 13.1 Å². The summed E-state index contributed by atoms with van der Waals surface area (Å²) in [4.78, 5) is 16.8. The average molecular weight is 510 g/mol. The largest absolute Gasteiger partial charge is 0.495 e. The quantitative estimate of drug-likeness (QED) is 0.475. The van der Waals surface area contributed by atoms with Crippen LogP contribution in [0.1, 0.15) is 18.5 Å². The van der Waals surface area contributed by atoms with Crippen LogP contribution in [0.3, 0.4) is 0 Å². The Labute approximate surface area is 212 Å². The number of rotatable bonds is 9. The molecule has 1 aliphatic heterocycles. The monoisotopic (exact) mass is 509 g/mol. The van der Waals surface area contributed by atoms with Crippen molar-refractivity contribution in [3.05, 3.63) is 84.4 Å². The number of hydrogen-bond donors (Lipinski definition) is 1. The topological polar surface area (TPSA) is 88.2 Å². The molecule has 0 spiro atoms. The molecule has 4 rings (SSSR count). The highest BCUT2D eigenvalue weighted by Crippen LogP contribution is 2.28. The van der Waals surface area contributed by atoms with Gasteiger partial charge in [-0.2, -0.15) is 0 Å². The van der Waals surface area contributed by atoms with Crippen LogP contribution in [-0.4, -0.2) is 59.1 Å². The third-order valence-electron chi connectivity index (χ3n) is 6.19. The van der Waals surface area contributed by atoms with Crippen LogP contribution >= 0.6 is 0 Å². The molecule has 9 heteroatoms. The Morgan fingerprint density at radius 1 is 0.917 bits per heavy atom. The molecule has 190 valence electrons. The van der Waals surface area contributed by atoms with Gasteiger partial charge < -0.3 is 19.3 Å². The molecule has 0 radical (unpaired) electrons. The number of nitrogens with one attached hydrogen (secondary N) is 1. The number of methoxy groups -OCH3 is 1. The number of piperazine rings is 1. The molecular weight excluding hydrogens is 478 g/mol. The summed E-state index contributed by atoms with van der Waals surface area (Å²) in [6, 6.07) is 22.9. The maximum Gasteiger partial charge on any atom is 0.260 e. The predicted octanol–water partition coefficient (Wildman–Crippen LogP) is 3.46. The predicted molar refractivity (Wildman–Crippen MR) is 139 cm³/mol. The Balaban J connectivity index is 1.27. The van der Waals surface area contributed by atoms with Crippen LogP contribution in [0.15, 0.2) is 83.8 Å². The summed E-state index contributed by atoms with van der Waals surface area (Å²) in [5, 5.41) is 0. The second kappa shape index (κ2) is 11.5. The number of anilines is 1. The Kier molecular flexibility index (Phi) is 8.12. The first-order valence-corrected chi connectivity index (χ1v) is 13.3. The fourth-order valence-corrected chi connectivity index (χ4v) is 5.38. The van der Waals surface area contributed by atoms with Crippen molar-refractivity contribution in [3.8, 4) is 11.5 Å². The van der Waals surface area contributed by atoms with Crippen molar-refractivity contribution in [2.75, 3.05) is 44.8 Å². The lowest BCUT2D eigenvalue weighted by atomic mass is 10.1. The smallest absolute Gasteiger partial charge is 0.260 e. The van der Waals surface area contributed by atoms with Crippen molar-refractivity contribution in [1.82, 2.24) is 9.62 Å². The number of amides is 1. The van der Waals surface area contributed by atoms with Crippen molar-refractivity contribution in [3.63, 3.8) is 0 Å². The number of para-hydroxylation sites is 2. The Morgan fingerprint density at radius 2 is 1.56 bits per heavy atom. The van der Waals surface area contributed by atoms with Crippen molar-refractivity contribution < 1.29 is 22.7 Å². The normalized spacial score (nSPS) is 14.8. The van der Waals surface area contributed by atoms with E-state index in [1.165, 1.54) is 12.1 Å². The number of hydrogen-bond acceptors (Lipinski definition) is 6. The van der Waals surface area contributed by atoms with Crippen LogP contribution in [0.5, 0.6) is 11.5 Å². The van der Waals surface area contributed by atoms with E-state index >= 15 is 0 Å². The molecule has 3 aromatic carbocycles. The molecule has 1 aliphatic rings. The van der Waals surface area contributed by atoms with Crippen molar-refractivity contribution >= 4 is 21.6 Å². The lowest BCUT2D eigenvalue weighted by Crippen LogP contribution is -2.50. The van der Waals surface area contributed by atoms with Crippen LogP contribution in [0.25, 0.3) is 0 Å². The van der Waals surface area contributed by atoms with Gasteiger partial charge in [-0.15, -0.1) is 0 Å². The number of benzene rings is 3. The molecule has 1 amide bonds. The molecule has 1 saturated heterocycles. The SMILES string of the molecule is COc1ccccc1N1CCN(C(=O)COc2ccc(S(=O)(=O)N[C@H](C)c3ccccc3)cc2)CC1. The summed E-state index contributed by atoms with van der Waals surface area (Å²) in [5.74, 6) is 1.14. The van der Waals surface area contributed by atoms with Gasteiger partial charge >= 0.3 is 0 Å². The fourth-order valence-electron chi connectivity index (χ4n) is 4.15. The van der Waals surface area contributed by atoms with Gasteiger partial charge in [0.05, 0.1) is 17.7 Å². The first-order chi connectivity index (χ1) is 17.4. The lowest BCUT2D eigenvalue weighted by Gasteiger charge is -2.36. The second-order valence-corrected chi connectivity index (χ2v) is 10.3. The van der Waals surface area contributed by atoms with Gasteiger partial charge in [0, 0.05) is 32.2 Å². The first-order valence-electron chi connectivity index (χ1n) is 11.8. The number of nitrogens with zero attached hydrogens (tertiary/aromatic N) is 2. The molecule has 36 heavy (non-hydrogen) atoms. The van der Waals surface area contributed by atoms with Gasteiger partial charge in [-0.3, -0.25) is 4.79 Å². The zero-order valence-electron chi connectivity index (χ0n) is 20.5. The van der Waals surface area contributed by atoms with Gasteiger partial charge in [0.2, 0.25) is 10.0 Å². The van der Waals surface area contributed by atoms with Gasteiger partial charge in [0.1, 0.15) is 11.5 Å². The Morgan fingerprint density at radius 3 is 2.22 bits per heavy atom. The maximum atomic E-state index is 12.7. The highest BCUT2D eigenvalue weighted by atomic mass is 32.2. The summed E-state index contributed by atoms with van der Waals surface area (Å²) in [6.45, 7) is 4.27. The van der Waals surface area contributed by atoms with Crippen LogP contribution in [-0.2, 0) is 14.8 Å². The Hall–Kier alpha value is -3.56. The number of carbonyl (C=O) groups excluding carboxylic acids is 1. The molecular formula is C27H31N3O5S. The van der Waals surface area contributed by atoms with E-state index in [2.05, 4.69) is 9.62 Å². The zero-order chi connectivity index (χ0) is 25.5. The highest BCUT2D eigenvalue weighted by molar-refractivity contribution is 7.89. The van der Waals surface area contributed by atoms with Crippen molar-refractivity contribution in [2.45, 2.75) is 17.9 Å². The van der Waals surface area contributed by atoms with E-state index in [0.717, 1.165) is 17.0 Å².